The van der Waals surface area contributed by atoms with Crippen molar-refractivity contribution in [1.82, 2.24) is 5.48 Å². The zero-order chi connectivity index (χ0) is 14.9. The lowest BCUT2D eigenvalue weighted by atomic mass is 10.1. The van der Waals surface area contributed by atoms with Crippen molar-refractivity contribution in [2.75, 3.05) is 6.61 Å². The molecule has 0 aliphatic rings. The molecule has 2 rings (SSSR count). The molecule has 0 unspecified atom stereocenters. The topological polar surface area (TPSA) is 67.8 Å². The van der Waals surface area contributed by atoms with Gasteiger partial charge in [0.1, 0.15) is 12.4 Å². The van der Waals surface area contributed by atoms with E-state index in [4.69, 9.17) is 14.7 Å². The fraction of sp³-hybridized carbons (Fsp3) is 0.188. The van der Waals surface area contributed by atoms with Crippen molar-refractivity contribution in [3.63, 3.8) is 0 Å². The smallest absolute Gasteiger partial charge is 0.428 e. The molecule has 21 heavy (non-hydrogen) atoms. The molecule has 0 saturated heterocycles. The molecule has 0 bridgehead atoms. The summed E-state index contributed by atoms with van der Waals surface area (Å²) in [5.74, 6) is 0.780. The van der Waals surface area contributed by atoms with E-state index in [2.05, 4.69) is 0 Å². The van der Waals surface area contributed by atoms with Gasteiger partial charge in [0, 0.05) is 0 Å². The summed E-state index contributed by atoms with van der Waals surface area (Å²) in [4.78, 5) is 15.0. The van der Waals surface area contributed by atoms with E-state index in [1.165, 1.54) is 0 Å². The van der Waals surface area contributed by atoms with Gasteiger partial charge < -0.3 is 9.84 Å². The first kappa shape index (κ1) is 14.9. The maximum Gasteiger partial charge on any atom is 0.428 e. The standard InChI is InChI=1S/C16H17NO4/c18-16(19)17-21-10-9-13-7-4-8-15(11-13)20-12-14-5-2-1-3-6-14/h1-8,11,17H,9-10,12H2,(H,18,19). The molecule has 5 nitrogen and oxygen atoms in total. The van der Waals surface area contributed by atoms with E-state index in [1.54, 1.807) is 0 Å². The first-order valence-corrected chi connectivity index (χ1v) is 6.60. The van der Waals surface area contributed by atoms with Crippen LogP contribution >= 0.6 is 0 Å². The number of benzene rings is 2. The maximum atomic E-state index is 10.2. The highest BCUT2D eigenvalue weighted by Crippen LogP contribution is 2.15. The van der Waals surface area contributed by atoms with Gasteiger partial charge in [-0.2, -0.15) is 5.48 Å². The zero-order valence-corrected chi connectivity index (χ0v) is 11.5. The Bertz CT molecular complexity index is 571. The van der Waals surface area contributed by atoms with Crippen LogP contribution in [0.3, 0.4) is 0 Å². The minimum Gasteiger partial charge on any atom is -0.489 e. The van der Waals surface area contributed by atoms with Crippen LogP contribution in [0.4, 0.5) is 4.79 Å². The summed E-state index contributed by atoms with van der Waals surface area (Å²) in [6.07, 6.45) is -0.599. The Labute approximate surface area is 123 Å². The van der Waals surface area contributed by atoms with E-state index < -0.39 is 6.09 Å². The Kier molecular flexibility index (Phi) is 5.60. The molecule has 0 spiro atoms. The Balaban J connectivity index is 1.81. The van der Waals surface area contributed by atoms with Crippen LogP contribution < -0.4 is 10.2 Å². The van der Waals surface area contributed by atoms with Gasteiger partial charge in [-0.05, 0) is 29.7 Å². The Hall–Kier alpha value is -2.53. The maximum absolute atomic E-state index is 10.2. The third kappa shape index (κ3) is 5.54. The van der Waals surface area contributed by atoms with Crippen molar-refractivity contribution in [2.24, 2.45) is 0 Å². The van der Waals surface area contributed by atoms with Gasteiger partial charge >= 0.3 is 6.09 Å². The van der Waals surface area contributed by atoms with Gasteiger partial charge in [-0.15, -0.1) is 0 Å². The average molecular weight is 287 g/mol. The minimum atomic E-state index is -1.20. The molecule has 110 valence electrons. The quantitative estimate of drug-likeness (QED) is 0.607. The summed E-state index contributed by atoms with van der Waals surface area (Å²) in [6, 6.07) is 17.6. The van der Waals surface area contributed by atoms with E-state index in [-0.39, 0.29) is 6.61 Å². The number of nitrogens with one attached hydrogen (secondary N) is 1. The second kappa shape index (κ2) is 7.91. The highest BCUT2D eigenvalue weighted by atomic mass is 16.7. The fourth-order valence-corrected chi connectivity index (χ4v) is 1.81. The van der Waals surface area contributed by atoms with Gasteiger partial charge in [-0.25, -0.2) is 4.79 Å². The summed E-state index contributed by atoms with van der Waals surface area (Å²) in [5.41, 5.74) is 3.99. The van der Waals surface area contributed by atoms with Gasteiger partial charge in [0.15, 0.2) is 0 Å². The number of ether oxygens (including phenoxy) is 1. The van der Waals surface area contributed by atoms with Crippen molar-refractivity contribution >= 4 is 6.09 Å². The van der Waals surface area contributed by atoms with E-state index in [0.29, 0.717) is 13.0 Å². The van der Waals surface area contributed by atoms with Gasteiger partial charge in [0.05, 0.1) is 6.61 Å². The predicted octanol–water partition coefficient (Wildman–Crippen LogP) is 3.01. The number of carboxylic acid groups (broad SMARTS) is 1. The number of hydrogen-bond acceptors (Lipinski definition) is 3. The number of amides is 1. The van der Waals surface area contributed by atoms with E-state index in [9.17, 15) is 4.79 Å². The number of hydrogen-bond donors (Lipinski definition) is 2. The molecule has 0 aliphatic carbocycles. The highest BCUT2D eigenvalue weighted by molar-refractivity contribution is 5.62. The summed E-state index contributed by atoms with van der Waals surface area (Å²) in [6.45, 7) is 0.788. The number of carbonyl (C=O) groups is 1. The van der Waals surface area contributed by atoms with Gasteiger partial charge in [0.25, 0.3) is 0 Å². The zero-order valence-electron chi connectivity index (χ0n) is 11.5. The normalized spacial score (nSPS) is 10.1. The van der Waals surface area contributed by atoms with E-state index in [0.717, 1.165) is 16.9 Å². The fourth-order valence-electron chi connectivity index (χ4n) is 1.81. The summed E-state index contributed by atoms with van der Waals surface area (Å²) < 4.78 is 5.73. The van der Waals surface area contributed by atoms with Gasteiger partial charge in [-0.1, -0.05) is 42.5 Å². The van der Waals surface area contributed by atoms with Crippen LogP contribution in [0, 0.1) is 0 Å². The van der Waals surface area contributed by atoms with Crippen LogP contribution in [-0.4, -0.2) is 17.8 Å². The van der Waals surface area contributed by atoms with Crippen LogP contribution in [0.5, 0.6) is 5.75 Å². The lowest BCUT2D eigenvalue weighted by Crippen LogP contribution is -2.22. The van der Waals surface area contributed by atoms with Crippen molar-refractivity contribution in [2.45, 2.75) is 13.0 Å². The summed E-state index contributed by atoms with van der Waals surface area (Å²) >= 11 is 0. The lowest BCUT2D eigenvalue weighted by Gasteiger charge is -2.08. The molecule has 0 fully saturated rings. The molecule has 0 saturated carbocycles. The van der Waals surface area contributed by atoms with E-state index in [1.807, 2.05) is 60.1 Å². The van der Waals surface area contributed by atoms with Crippen molar-refractivity contribution in [3.05, 3.63) is 65.7 Å². The molecule has 0 atom stereocenters. The molecule has 0 aromatic heterocycles. The lowest BCUT2D eigenvalue weighted by molar-refractivity contribution is 0.0440. The first-order valence-electron chi connectivity index (χ1n) is 6.60. The largest absolute Gasteiger partial charge is 0.489 e. The van der Waals surface area contributed by atoms with Crippen LogP contribution in [0.1, 0.15) is 11.1 Å². The highest BCUT2D eigenvalue weighted by Gasteiger charge is 2.00. The number of rotatable bonds is 7. The molecule has 2 N–H and O–H groups in total. The number of hydroxylamine groups is 1. The minimum absolute atomic E-state index is 0.272. The van der Waals surface area contributed by atoms with Crippen LogP contribution in [0.15, 0.2) is 54.6 Å². The van der Waals surface area contributed by atoms with Gasteiger partial charge in [0.2, 0.25) is 0 Å². The molecular weight excluding hydrogens is 270 g/mol. The Morgan fingerprint density at radius 1 is 1.05 bits per heavy atom. The van der Waals surface area contributed by atoms with Crippen LogP contribution in [0.25, 0.3) is 0 Å². The Morgan fingerprint density at radius 2 is 1.81 bits per heavy atom. The van der Waals surface area contributed by atoms with Crippen LogP contribution in [-0.2, 0) is 17.9 Å². The van der Waals surface area contributed by atoms with Crippen molar-refractivity contribution < 1.29 is 19.5 Å². The summed E-state index contributed by atoms with van der Waals surface area (Å²) in [5, 5.41) is 8.38. The van der Waals surface area contributed by atoms with Gasteiger partial charge in [-0.3, -0.25) is 4.84 Å². The SMILES string of the molecule is O=C(O)NOCCc1cccc(OCc2ccccc2)c1. The van der Waals surface area contributed by atoms with Crippen molar-refractivity contribution in [3.8, 4) is 5.75 Å². The predicted molar refractivity (Wildman–Crippen MR) is 78.0 cm³/mol. The third-order valence-electron chi connectivity index (χ3n) is 2.80. The van der Waals surface area contributed by atoms with Crippen molar-refractivity contribution in [1.29, 1.82) is 0 Å². The second-order valence-corrected chi connectivity index (χ2v) is 4.43. The molecule has 0 heterocycles. The first-order chi connectivity index (χ1) is 10.2. The molecule has 2 aromatic rings. The molecule has 5 heteroatoms. The molecule has 0 radical (unpaired) electrons. The average Bonchev–Trinajstić information content (AvgIpc) is 2.51. The molecule has 1 amide bonds. The van der Waals surface area contributed by atoms with E-state index >= 15 is 0 Å². The molecular formula is C16H17NO4. The molecule has 0 aliphatic heterocycles. The van der Waals surface area contributed by atoms with Crippen LogP contribution in [0.2, 0.25) is 0 Å². The third-order valence-corrected chi connectivity index (χ3v) is 2.80. The monoisotopic (exact) mass is 287 g/mol. The second-order valence-electron chi connectivity index (χ2n) is 4.43. The Morgan fingerprint density at radius 3 is 2.57 bits per heavy atom. The summed E-state index contributed by atoms with van der Waals surface area (Å²) in [7, 11) is 0. The molecule has 2 aromatic carbocycles.